The maximum atomic E-state index is 11.9. The molecule has 1 amide bonds. The maximum Gasteiger partial charge on any atom is 0.336 e. The SMILES string of the molecule is C[C@@H]1C(NC(=O)c2ccc(C(=O)O)c(Br)c2)[C@@H]1C. The molecule has 1 aromatic carbocycles. The molecular weight excluding hydrogens is 298 g/mol. The molecule has 1 saturated carbocycles. The minimum atomic E-state index is -1.02. The lowest BCUT2D eigenvalue weighted by Gasteiger charge is -2.06. The van der Waals surface area contributed by atoms with Crippen LogP contribution in [0.3, 0.4) is 0 Å². The molecule has 0 aromatic heterocycles. The van der Waals surface area contributed by atoms with Crippen LogP contribution in [0, 0.1) is 11.8 Å². The molecule has 4 nitrogen and oxygen atoms in total. The second-order valence-corrected chi connectivity index (χ2v) is 5.57. The van der Waals surface area contributed by atoms with E-state index < -0.39 is 5.97 Å². The van der Waals surface area contributed by atoms with Gasteiger partial charge in [-0.1, -0.05) is 13.8 Å². The van der Waals surface area contributed by atoms with Crippen molar-refractivity contribution in [1.29, 1.82) is 0 Å². The number of aromatic carboxylic acids is 1. The smallest absolute Gasteiger partial charge is 0.336 e. The Morgan fingerprint density at radius 3 is 2.33 bits per heavy atom. The van der Waals surface area contributed by atoms with Crippen LogP contribution in [0.4, 0.5) is 0 Å². The summed E-state index contributed by atoms with van der Waals surface area (Å²) < 4.78 is 0.416. The van der Waals surface area contributed by atoms with Crippen molar-refractivity contribution < 1.29 is 14.7 Å². The predicted molar refractivity (Wildman–Crippen MR) is 70.7 cm³/mol. The summed E-state index contributed by atoms with van der Waals surface area (Å²) in [5.74, 6) is -0.154. The number of carbonyl (C=O) groups excluding carboxylic acids is 1. The molecule has 5 heteroatoms. The molecule has 2 rings (SSSR count). The van der Waals surface area contributed by atoms with Crippen molar-refractivity contribution >= 4 is 27.8 Å². The Hall–Kier alpha value is -1.36. The second-order valence-electron chi connectivity index (χ2n) is 4.72. The third kappa shape index (κ3) is 2.41. The van der Waals surface area contributed by atoms with Gasteiger partial charge in [0, 0.05) is 16.1 Å². The van der Waals surface area contributed by atoms with Crippen LogP contribution in [0.1, 0.15) is 34.6 Å². The van der Waals surface area contributed by atoms with Crippen LogP contribution in [0.25, 0.3) is 0 Å². The van der Waals surface area contributed by atoms with Crippen LogP contribution < -0.4 is 5.32 Å². The Balaban J connectivity index is 2.12. The molecular formula is C13H14BrNO3. The Kier molecular flexibility index (Phi) is 3.43. The van der Waals surface area contributed by atoms with E-state index in [-0.39, 0.29) is 17.5 Å². The number of benzene rings is 1. The molecule has 1 aliphatic rings. The van der Waals surface area contributed by atoms with Crippen molar-refractivity contribution in [2.45, 2.75) is 19.9 Å². The molecule has 2 N–H and O–H groups in total. The van der Waals surface area contributed by atoms with Crippen LogP contribution in [-0.4, -0.2) is 23.0 Å². The summed E-state index contributed by atoms with van der Waals surface area (Å²) in [4.78, 5) is 22.8. The first-order chi connectivity index (χ1) is 8.41. The lowest BCUT2D eigenvalue weighted by atomic mass is 10.1. The van der Waals surface area contributed by atoms with Gasteiger partial charge in [0.25, 0.3) is 5.91 Å². The minimum Gasteiger partial charge on any atom is -0.478 e. The highest BCUT2D eigenvalue weighted by Crippen LogP contribution is 2.37. The number of halogens is 1. The number of amides is 1. The van der Waals surface area contributed by atoms with Gasteiger partial charge in [-0.05, 0) is 46.0 Å². The molecule has 0 bridgehead atoms. The predicted octanol–water partition coefficient (Wildman–Crippen LogP) is 2.53. The first-order valence-corrected chi connectivity index (χ1v) is 6.55. The van der Waals surface area contributed by atoms with Gasteiger partial charge in [0.2, 0.25) is 0 Å². The quantitative estimate of drug-likeness (QED) is 0.901. The molecule has 1 fully saturated rings. The average Bonchev–Trinajstić information content (AvgIpc) is 2.86. The van der Waals surface area contributed by atoms with Crippen molar-refractivity contribution in [1.82, 2.24) is 5.32 Å². The van der Waals surface area contributed by atoms with E-state index in [1.165, 1.54) is 18.2 Å². The molecule has 0 saturated heterocycles. The summed E-state index contributed by atoms with van der Waals surface area (Å²) in [6.07, 6.45) is 0. The number of rotatable bonds is 3. The fourth-order valence-corrected chi connectivity index (χ4v) is 2.54. The van der Waals surface area contributed by atoms with Gasteiger partial charge in [0.05, 0.1) is 5.56 Å². The van der Waals surface area contributed by atoms with Gasteiger partial charge in [0.15, 0.2) is 0 Å². The van der Waals surface area contributed by atoms with E-state index >= 15 is 0 Å². The van der Waals surface area contributed by atoms with Gasteiger partial charge < -0.3 is 10.4 Å². The highest BCUT2D eigenvalue weighted by Gasteiger charge is 2.43. The van der Waals surface area contributed by atoms with E-state index in [2.05, 4.69) is 35.1 Å². The molecule has 96 valence electrons. The highest BCUT2D eigenvalue weighted by molar-refractivity contribution is 9.10. The summed E-state index contributed by atoms with van der Waals surface area (Å²) in [5, 5.41) is 11.8. The van der Waals surface area contributed by atoms with Gasteiger partial charge in [-0.3, -0.25) is 4.79 Å². The van der Waals surface area contributed by atoms with Crippen molar-refractivity contribution in [2.24, 2.45) is 11.8 Å². The third-order valence-electron chi connectivity index (χ3n) is 3.58. The first-order valence-electron chi connectivity index (χ1n) is 5.75. The summed E-state index contributed by atoms with van der Waals surface area (Å²) in [5.41, 5.74) is 0.623. The van der Waals surface area contributed by atoms with Crippen molar-refractivity contribution in [3.63, 3.8) is 0 Å². The van der Waals surface area contributed by atoms with E-state index in [0.29, 0.717) is 21.9 Å². The number of hydrogen-bond acceptors (Lipinski definition) is 2. The van der Waals surface area contributed by atoms with E-state index in [9.17, 15) is 9.59 Å². The summed E-state index contributed by atoms with van der Waals surface area (Å²) >= 11 is 3.16. The van der Waals surface area contributed by atoms with E-state index in [1.807, 2.05) is 0 Å². The van der Waals surface area contributed by atoms with Gasteiger partial charge in [-0.25, -0.2) is 4.79 Å². The summed E-state index contributed by atoms with van der Waals surface area (Å²) in [6, 6.07) is 4.73. The van der Waals surface area contributed by atoms with E-state index in [4.69, 9.17) is 5.11 Å². The lowest BCUT2D eigenvalue weighted by Crippen LogP contribution is -2.27. The number of carboxylic acid groups (broad SMARTS) is 1. The molecule has 1 unspecified atom stereocenters. The zero-order chi connectivity index (χ0) is 13.4. The number of nitrogens with one attached hydrogen (secondary N) is 1. The number of carboxylic acids is 1. The van der Waals surface area contributed by atoms with Crippen LogP contribution in [0.5, 0.6) is 0 Å². The highest BCUT2D eigenvalue weighted by atomic mass is 79.9. The van der Waals surface area contributed by atoms with Gasteiger partial charge >= 0.3 is 5.97 Å². The van der Waals surface area contributed by atoms with Crippen LogP contribution in [0.15, 0.2) is 22.7 Å². The van der Waals surface area contributed by atoms with Crippen LogP contribution in [0.2, 0.25) is 0 Å². The normalized spacial score (nSPS) is 25.6. The second kappa shape index (κ2) is 4.72. The summed E-state index contributed by atoms with van der Waals surface area (Å²) in [7, 11) is 0. The number of hydrogen-bond donors (Lipinski definition) is 2. The summed E-state index contributed by atoms with van der Waals surface area (Å²) in [6.45, 7) is 4.19. The molecule has 1 aliphatic carbocycles. The van der Waals surface area contributed by atoms with Gasteiger partial charge in [-0.2, -0.15) is 0 Å². The van der Waals surface area contributed by atoms with E-state index in [0.717, 1.165) is 0 Å². The van der Waals surface area contributed by atoms with E-state index in [1.54, 1.807) is 0 Å². The van der Waals surface area contributed by atoms with Crippen LogP contribution >= 0.6 is 15.9 Å². The third-order valence-corrected chi connectivity index (χ3v) is 4.24. The average molecular weight is 312 g/mol. The maximum absolute atomic E-state index is 11.9. The molecule has 0 aliphatic heterocycles. The molecule has 1 aromatic rings. The molecule has 18 heavy (non-hydrogen) atoms. The fraction of sp³-hybridized carbons (Fsp3) is 0.385. The van der Waals surface area contributed by atoms with Crippen LogP contribution in [-0.2, 0) is 0 Å². The van der Waals surface area contributed by atoms with Crippen molar-refractivity contribution in [3.8, 4) is 0 Å². The van der Waals surface area contributed by atoms with Crippen molar-refractivity contribution in [2.75, 3.05) is 0 Å². The largest absolute Gasteiger partial charge is 0.478 e. The Bertz CT molecular complexity index is 507. The molecule has 0 radical (unpaired) electrons. The molecule has 3 atom stereocenters. The monoisotopic (exact) mass is 311 g/mol. The fourth-order valence-electron chi connectivity index (χ4n) is 1.99. The zero-order valence-electron chi connectivity index (χ0n) is 10.1. The standard InChI is InChI=1S/C13H14BrNO3/c1-6-7(2)11(6)15-12(16)8-3-4-9(13(17)18)10(14)5-8/h3-7,11H,1-2H3,(H,15,16)(H,17,18)/t6-,7+,11?. The molecule has 0 spiro atoms. The molecule has 0 heterocycles. The van der Waals surface area contributed by atoms with Gasteiger partial charge in [0.1, 0.15) is 0 Å². The Labute approximate surface area is 114 Å². The minimum absolute atomic E-state index is 0.153. The zero-order valence-corrected chi connectivity index (χ0v) is 11.7. The Morgan fingerprint density at radius 2 is 1.89 bits per heavy atom. The Morgan fingerprint density at radius 1 is 1.28 bits per heavy atom. The van der Waals surface area contributed by atoms with Crippen molar-refractivity contribution in [3.05, 3.63) is 33.8 Å². The lowest BCUT2D eigenvalue weighted by molar-refractivity contribution is 0.0695. The van der Waals surface area contributed by atoms with Gasteiger partial charge in [-0.15, -0.1) is 0 Å². The number of carbonyl (C=O) groups is 2. The first kappa shape index (κ1) is 13.1. The topological polar surface area (TPSA) is 66.4 Å².